The monoisotopic (exact) mass is 371 g/mol. The highest BCUT2D eigenvalue weighted by atomic mass is 79.9. The van der Waals surface area contributed by atoms with Crippen molar-refractivity contribution < 1.29 is 9.63 Å². The third-order valence-electron chi connectivity index (χ3n) is 4.24. The molecule has 0 N–H and O–H groups in total. The molecule has 0 radical (unpaired) electrons. The van der Waals surface area contributed by atoms with Crippen molar-refractivity contribution in [3.8, 4) is 0 Å². The molecule has 1 heterocycles. The highest BCUT2D eigenvalue weighted by molar-refractivity contribution is 9.10. The van der Waals surface area contributed by atoms with Gasteiger partial charge in [-0.1, -0.05) is 45.0 Å². The van der Waals surface area contributed by atoms with E-state index in [0.717, 1.165) is 21.9 Å². The van der Waals surface area contributed by atoms with Gasteiger partial charge in [-0.2, -0.15) is 0 Å². The fourth-order valence-corrected chi connectivity index (χ4v) is 3.23. The minimum atomic E-state index is -0.850. The van der Waals surface area contributed by atoms with E-state index < -0.39 is 5.60 Å². The molecule has 4 rings (SSSR count). The van der Waals surface area contributed by atoms with Gasteiger partial charge in [-0.15, -0.1) is 5.10 Å². The van der Waals surface area contributed by atoms with Crippen LogP contribution in [0.2, 0.25) is 0 Å². The summed E-state index contributed by atoms with van der Waals surface area (Å²) in [4.78, 5) is 20.4. The Morgan fingerprint density at radius 1 is 1.17 bits per heavy atom. The number of ketones is 1. The van der Waals surface area contributed by atoms with Gasteiger partial charge in [0.1, 0.15) is 11.0 Å². The van der Waals surface area contributed by atoms with Crippen molar-refractivity contribution in [1.82, 2.24) is 15.2 Å². The summed E-state index contributed by atoms with van der Waals surface area (Å²) in [6.07, 6.45) is 2.34. The summed E-state index contributed by atoms with van der Waals surface area (Å²) in [6.45, 7) is 0. The van der Waals surface area contributed by atoms with Crippen LogP contribution >= 0.6 is 15.9 Å². The number of hydrogen-bond acceptors (Lipinski definition) is 4. The van der Waals surface area contributed by atoms with E-state index in [4.69, 9.17) is 4.84 Å². The molecule has 0 unspecified atom stereocenters. The number of Topliss-reactive ketones (excluding diaryl/α,β-unsaturated/α-hetero) is 1. The van der Waals surface area contributed by atoms with E-state index in [1.807, 2.05) is 48.5 Å². The summed E-state index contributed by atoms with van der Waals surface area (Å²) in [5.41, 5.74) is 1.30. The van der Waals surface area contributed by atoms with Crippen LogP contribution in [0.25, 0.3) is 11.0 Å². The fourth-order valence-electron chi connectivity index (χ4n) is 2.83. The van der Waals surface area contributed by atoms with E-state index in [9.17, 15) is 4.79 Å². The fraction of sp³-hybridized carbons (Fsp3) is 0.235. The summed E-state index contributed by atoms with van der Waals surface area (Å²) in [5, 5.41) is 8.12. The molecule has 116 valence electrons. The number of fused-ring (bicyclic) bond motifs is 1. The molecule has 6 heteroatoms. The van der Waals surface area contributed by atoms with Crippen molar-refractivity contribution in [2.75, 3.05) is 0 Å². The van der Waals surface area contributed by atoms with Gasteiger partial charge in [-0.3, -0.25) is 4.79 Å². The Morgan fingerprint density at radius 2 is 2.00 bits per heavy atom. The molecule has 1 aliphatic rings. The number of hydrogen-bond donors (Lipinski definition) is 0. The average molecular weight is 372 g/mol. The van der Waals surface area contributed by atoms with Gasteiger partial charge in [0.2, 0.25) is 5.78 Å². The molecule has 0 saturated heterocycles. The van der Waals surface area contributed by atoms with Gasteiger partial charge >= 0.3 is 0 Å². The van der Waals surface area contributed by atoms with Gasteiger partial charge in [0.05, 0.1) is 0 Å². The molecule has 0 amide bonds. The van der Waals surface area contributed by atoms with Gasteiger partial charge in [0.25, 0.3) is 0 Å². The predicted molar refractivity (Wildman–Crippen MR) is 89.2 cm³/mol. The van der Waals surface area contributed by atoms with Gasteiger partial charge in [0, 0.05) is 10.0 Å². The van der Waals surface area contributed by atoms with Crippen LogP contribution in [0.4, 0.5) is 0 Å². The quantitative estimate of drug-likeness (QED) is 0.659. The van der Waals surface area contributed by atoms with Crippen molar-refractivity contribution in [2.24, 2.45) is 0 Å². The van der Waals surface area contributed by atoms with Crippen LogP contribution in [-0.2, 0) is 0 Å². The minimum absolute atomic E-state index is 0.00960. The largest absolute Gasteiger partial charge is 0.380 e. The molecule has 5 nitrogen and oxygen atoms in total. The van der Waals surface area contributed by atoms with Crippen LogP contribution in [0.1, 0.15) is 29.6 Å². The first kappa shape index (κ1) is 14.4. The zero-order valence-electron chi connectivity index (χ0n) is 12.3. The number of para-hydroxylation sites is 1. The first-order valence-corrected chi connectivity index (χ1v) is 8.28. The van der Waals surface area contributed by atoms with Crippen LogP contribution < -0.4 is 4.84 Å². The van der Waals surface area contributed by atoms with E-state index in [-0.39, 0.29) is 5.78 Å². The zero-order valence-corrected chi connectivity index (χ0v) is 13.9. The molecule has 1 aromatic heterocycles. The van der Waals surface area contributed by atoms with E-state index in [1.54, 1.807) is 0 Å². The molecule has 3 aromatic rings. The SMILES string of the molecule is O=C(c1cccc(Br)c1)C1(On2nnc3ccccc32)CCC1. The highest BCUT2D eigenvalue weighted by Crippen LogP contribution is 2.37. The lowest BCUT2D eigenvalue weighted by atomic mass is 9.75. The van der Waals surface area contributed by atoms with Gasteiger partial charge in [0.15, 0.2) is 5.60 Å². The maximum atomic E-state index is 13.0. The van der Waals surface area contributed by atoms with E-state index in [1.165, 1.54) is 4.85 Å². The summed E-state index contributed by atoms with van der Waals surface area (Å²) < 4.78 is 0.879. The lowest BCUT2D eigenvalue weighted by molar-refractivity contribution is -0.0865. The Labute approximate surface area is 141 Å². The number of carbonyl (C=O) groups excluding carboxylic acids is 1. The second-order valence-electron chi connectivity index (χ2n) is 5.73. The summed E-state index contributed by atoms with van der Waals surface area (Å²) in [5.74, 6) is -0.00960. The lowest BCUT2D eigenvalue weighted by Crippen LogP contribution is -2.54. The Morgan fingerprint density at radius 3 is 2.74 bits per heavy atom. The molecular weight excluding hydrogens is 358 g/mol. The molecule has 1 fully saturated rings. The molecule has 23 heavy (non-hydrogen) atoms. The Kier molecular flexibility index (Phi) is 3.41. The molecule has 0 bridgehead atoms. The van der Waals surface area contributed by atoms with Crippen molar-refractivity contribution in [3.05, 3.63) is 58.6 Å². The summed E-state index contributed by atoms with van der Waals surface area (Å²) >= 11 is 3.41. The molecule has 0 aliphatic heterocycles. The first-order valence-electron chi connectivity index (χ1n) is 7.48. The van der Waals surface area contributed by atoms with Crippen LogP contribution in [0.5, 0.6) is 0 Å². The third-order valence-corrected chi connectivity index (χ3v) is 4.74. The van der Waals surface area contributed by atoms with Gasteiger partial charge < -0.3 is 4.84 Å². The predicted octanol–water partition coefficient (Wildman–Crippen LogP) is 3.43. The van der Waals surface area contributed by atoms with Crippen LogP contribution in [0, 0.1) is 0 Å². The third kappa shape index (κ3) is 2.43. The van der Waals surface area contributed by atoms with Crippen molar-refractivity contribution in [3.63, 3.8) is 0 Å². The van der Waals surface area contributed by atoms with Crippen LogP contribution in [0.15, 0.2) is 53.0 Å². The normalized spacial score (nSPS) is 16.0. The van der Waals surface area contributed by atoms with Crippen LogP contribution in [-0.4, -0.2) is 26.5 Å². The molecule has 1 aliphatic carbocycles. The number of carbonyl (C=O) groups is 1. The number of rotatable bonds is 4. The van der Waals surface area contributed by atoms with Crippen molar-refractivity contribution >= 4 is 32.7 Å². The molecule has 2 aromatic carbocycles. The Bertz CT molecular complexity index is 886. The second kappa shape index (κ2) is 5.45. The lowest BCUT2D eigenvalue weighted by Gasteiger charge is -2.38. The summed E-state index contributed by atoms with van der Waals surface area (Å²) in [6, 6.07) is 14.9. The number of benzene rings is 2. The molecule has 0 atom stereocenters. The average Bonchev–Trinajstić information content (AvgIpc) is 2.93. The maximum absolute atomic E-state index is 13.0. The Hall–Kier alpha value is -2.21. The summed E-state index contributed by atoms with van der Waals surface area (Å²) in [7, 11) is 0. The van der Waals surface area contributed by atoms with E-state index in [0.29, 0.717) is 18.4 Å². The highest BCUT2D eigenvalue weighted by Gasteiger charge is 2.48. The molecule has 1 saturated carbocycles. The van der Waals surface area contributed by atoms with Crippen molar-refractivity contribution in [2.45, 2.75) is 24.9 Å². The minimum Gasteiger partial charge on any atom is -0.380 e. The molecular formula is C17H14BrN3O2. The number of aromatic nitrogens is 3. The standard InChI is InChI=1S/C17H14BrN3O2/c18-13-6-3-5-12(11-13)16(22)17(9-4-10-17)23-21-15-8-2-1-7-14(15)19-20-21/h1-3,5-8,11H,4,9-10H2. The maximum Gasteiger partial charge on any atom is 0.209 e. The van der Waals surface area contributed by atoms with Crippen molar-refractivity contribution in [1.29, 1.82) is 0 Å². The van der Waals surface area contributed by atoms with Gasteiger partial charge in [-0.25, -0.2) is 0 Å². The first-order chi connectivity index (χ1) is 11.2. The molecule has 0 spiro atoms. The van der Waals surface area contributed by atoms with Crippen LogP contribution in [0.3, 0.4) is 0 Å². The smallest absolute Gasteiger partial charge is 0.209 e. The number of nitrogens with zero attached hydrogens (tertiary/aromatic N) is 3. The van der Waals surface area contributed by atoms with Gasteiger partial charge in [-0.05, 0) is 48.7 Å². The second-order valence-corrected chi connectivity index (χ2v) is 6.65. The van der Waals surface area contributed by atoms with E-state index >= 15 is 0 Å². The Balaban J connectivity index is 1.69. The van der Waals surface area contributed by atoms with E-state index in [2.05, 4.69) is 26.2 Å². The zero-order chi connectivity index (χ0) is 15.9. The topological polar surface area (TPSA) is 57.0 Å². The number of halogens is 1.